The molecule has 2 rings (SSSR count). The zero-order chi connectivity index (χ0) is 13.1. The molecule has 1 aromatic carbocycles. The second-order valence-corrected chi connectivity index (χ2v) is 5.71. The van der Waals surface area contributed by atoms with Crippen molar-refractivity contribution in [3.63, 3.8) is 0 Å². The molecule has 1 heterocycles. The van der Waals surface area contributed by atoms with Gasteiger partial charge in [0.1, 0.15) is 5.78 Å². The van der Waals surface area contributed by atoms with Gasteiger partial charge in [0.2, 0.25) is 0 Å². The van der Waals surface area contributed by atoms with Crippen molar-refractivity contribution in [2.24, 2.45) is 0 Å². The number of Topliss-reactive ketones (excluding diaryl/α,β-unsaturated/α-hetero) is 1. The smallest absolute Gasteiger partial charge is 0.135 e. The van der Waals surface area contributed by atoms with Crippen LogP contribution in [0.3, 0.4) is 0 Å². The van der Waals surface area contributed by atoms with E-state index in [0.29, 0.717) is 29.7 Å². The number of halogens is 2. The lowest BCUT2D eigenvalue weighted by Gasteiger charge is -2.32. The quantitative estimate of drug-likeness (QED) is 0.846. The van der Waals surface area contributed by atoms with E-state index >= 15 is 0 Å². The number of likely N-dealkylation sites (tertiary alicyclic amines) is 1. The summed E-state index contributed by atoms with van der Waals surface area (Å²) in [5, 5.41) is 1.39. The fourth-order valence-corrected chi connectivity index (χ4v) is 2.87. The van der Waals surface area contributed by atoms with Crippen LogP contribution in [0, 0.1) is 0 Å². The number of ketones is 1. The van der Waals surface area contributed by atoms with Gasteiger partial charge >= 0.3 is 0 Å². The molecule has 1 aliphatic heterocycles. The predicted molar refractivity (Wildman–Crippen MR) is 75.4 cm³/mol. The van der Waals surface area contributed by atoms with Gasteiger partial charge in [0.05, 0.1) is 0 Å². The van der Waals surface area contributed by atoms with E-state index in [-0.39, 0.29) is 0 Å². The molecule has 0 aliphatic carbocycles. The van der Waals surface area contributed by atoms with Crippen molar-refractivity contribution < 1.29 is 4.79 Å². The third kappa shape index (κ3) is 3.47. The Balaban J connectivity index is 1.93. The van der Waals surface area contributed by atoms with E-state index < -0.39 is 0 Å². The second kappa shape index (κ2) is 6.05. The van der Waals surface area contributed by atoms with E-state index in [1.54, 1.807) is 6.07 Å². The van der Waals surface area contributed by atoms with E-state index in [4.69, 9.17) is 23.2 Å². The zero-order valence-corrected chi connectivity index (χ0v) is 12.0. The lowest BCUT2D eigenvalue weighted by Crippen LogP contribution is -2.42. The topological polar surface area (TPSA) is 20.3 Å². The number of benzene rings is 1. The number of carbonyl (C=O) groups excluding carboxylic acids is 1. The first-order valence-corrected chi connectivity index (χ1v) is 7.01. The van der Waals surface area contributed by atoms with Crippen LogP contribution >= 0.6 is 23.2 Å². The third-order valence-electron chi connectivity index (χ3n) is 3.51. The first-order chi connectivity index (χ1) is 8.56. The largest absolute Gasteiger partial charge is 0.300 e. The highest BCUT2D eigenvalue weighted by Gasteiger charge is 2.22. The lowest BCUT2D eigenvalue weighted by atomic mass is 10.0. The Morgan fingerprint density at radius 1 is 1.39 bits per heavy atom. The zero-order valence-electron chi connectivity index (χ0n) is 10.5. The Labute approximate surface area is 118 Å². The van der Waals surface area contributed by atoms with E-state index in [2.05, 4.69) is 11.8 Å². The second-order valence-electron chi connectivity index (χ2n) is 4.86. The summed E-state index contributed by atoms with van der Waals surface area (Å²) in [7, 11) is 0. The van der Waals surface area contributed by atoms with Gasteiger partial charge in [0.25, 0.3) is 0 Å². The summed E-state index contributed by atoms with van der Waals surface area (Å²) >= 11 is 12.0. The maximum atomic E-state index is 11.3. The molecule has 98 valence electrons. The highest BCUT2D eigenvalue weighted by atomic mass is 35.5. The molecule has 0 N–H and O–H groups in total. The van der Waals surface area contributed by atoms with Crippen LogP contribution in [-0.4, -0.2) is 29.8 Å². The van der Waals surface area contributed by atoms with E-state index in [1.165, 1.54) is 0 Å². The first-order valence-electron chi connectivity index (χ1n) is 6.26. The van der Waals surface area contributed by atoms with Gasteiger partial charge in [-0.15, -0.1) is 0 Å². The fraction of sp³-hybridized carbons (Fsp3) is 0.500. The van der Waals surface area contributed by atoms with Crippen LogP contribution in [0.4, 0.5) is 0 Å². The standard InChI is InChI=1S/C14H17Cl2NO/c1-10-8-13(18)5-7-17(10)6-4-11-2-3-12(15)9-14(11)16/h2-3,9-10H,4-8H2,1H3. The van der Waals surface area contributed by atoms with Crippen LogP contribution in [0.1, 0.15) is 25.3 Å². The average Bonchev–Trinajstić information content (AvgIpc) is 2.30. The van der Waals surface area contributed by atoms with Crippen LogP contribution in [0.15, 0.2) is 18.2 Å². The van der Waals surface area contributed by atoms with Crippen LogP contribution in [-0.2, 0) is 11.2 Å². The van der Waals surface area contributed by atoms with Gasteiger partial charge in [-0.1, -0.05) is 29.3 Å². The fourth-order valence-electron chi connectivity index (χ4n) is 2.37. The lowest BCUT2D eigenvalue weighted by molar-refractivity contribution is -0.122. The summed E-state index contributed by atoms with van der Waals surface area (Å²) in [5.74, 6) is 0.378. The minimum absolute atomic E-state index is 0.345. The SMILES string of the molecule is CC1CC(=O)CCN1CCc1ccc(Cl)cc1Cl. The third-order valence-corrected chi connectivity index (χ3v) is 4.09. The average molecular weight is 286 g/mol. The minimum atomic E-state index is 0.345. The monoisotopic (exact) mass is 285 g/mol. The van der Waals surface area contributed by atoms with Crippen molar-refractivity contribution in [2.75, 3.05) is 13.1 Å². The van der Waals surface area contributed by atoms with Crippen LogP contribution in [0.5, 0.6) is 0 Å². The molecule has 1 fully saturated rings. The predicted octanol–water partition coefficient (Wildman–Crippen LogP) is 3.59. The van der Waals surface area contributed by atoms with E-state index in [9.17, 15) is 4.79 Å². The molecule has 4 heteroatoms. The molecular formula is C14H17Cl2NO. The molecule has 1 aromatic rings. The summed E-state index contributed by atoms with van der Waals surface area (Å²) in [6.07, 6.45) is 2.25. The van der Waals surface area contributed by atoms with Crippen LogP contribution in [0.2, 0.25) is 10.0 Å². The summed E-state index contributed by atoms with van der Waals surface area (Å²) in [6, 6.07) is 5.97. The molecule has 2 nitrogen and oxygen atoms in total. The first kappa shape index (κ1) is 13.9. The van der Waals surface area contributed by atoms with Crippen molar-refractivity contribution in [1.29, 1.82) is 0 Å². The molecule has 0 bridgehead atoms. The van der Waals surface area contributed by atoms with Crippen LogP contribution < -0.4 is 0 Å². The summed E-state index contributed by atoms with van der Waals surface area (Å²) in [6.45, 7) is 3.92. The summed E-state index contributed by atoms with van der Waals surface area (Å²) in [5.41, 5.74) is 1.12. The van der Waals surface area contributed by atoms with Crippen molar-refractivity contribution >= 4 is 29.0 Å². The number of carbonyl (C=O) groups is 1. The van der Waals surface area contributed by atoms with E-state index in [0.717, 1.165) is 30.1 Å². The highest BCUT2D eigenvalue weighted by molar-refractivity contribution is 6.35. The molecule has 0 saturated carbocycles. The molecule has 0 amide bonds. The number of hydrogen-bond acceptors (Lipinski definition) is 2. The molecule has 0 radical (unpaired) electrons. The van der Waals surface area contributed by atoms with Crippen molar-refractivity contribution in [2.45, 2.75) is 32.2 Å². The summed E-state index contributed by atoms with van der Waals surface area (Å²) in [4.78, 5) is 13.7. The molecule has 1 atom stereocenters. The molecule has 1 aliphatic rings. The van der Waals surface area contributed by atoms with Crippen molar-refractivity contribution in [1.82, 2.24) is 4.90 Å². The highest BCUT2D eigenvalue weighted by Crippen LogP contribution is 2.22. The molecule has 0 aromatic heterocycles. The Bertz CT molecular complexity index is 447. The number of rotatable bonds is 3. The number of hydrogen-bond donors (Lipinski definition) is 0. The number of piperidine rings is 1. The molecule has 1 saturated heterocycles. The number of nitrogens with zero attached hydrogens (tertiary/aromatic N) is 1. The summed E-state index contributed by atoms with van der Waals surface area (Å²) < 4.78 is 0. The van der Waals surface area contributed by atoms with E-state index in [1.807, 2.05) is 12.1 Å². The molecular weight excluding hydrogens is 269 g/mol. The van der Waals surface area contributed by atoms with Gasteiger partial charge < -0.3 is 0 Å². The maximum absolute atomic E-state index is 11.3. The molecule has 1 unspecified atom stereocenters. The van der Waals surface area contributed by atoms with Gasteiger partial charge in [0, 0.05) is 42.0 Å². The van der Waals surface area contributed by atoms with Gasteiger partial charge in [0.15, 0.2) is 0 Å². The molecule has 0 spiro atoms. The Hall–Kier alpha value is -0.570. The van der Waals surface area contributed by atoms with Gasteiger partial charge in [-0.05, 0) is 31.0 Å². The minimum Gasteiger partial charge on any atom is -0.300 e. The van der Waals surface area contributed by atoms with Crippen molar-refractivity contribution in [3.8, 4) is 0 Å². The van der Waals surface area contributed by atoms with Crippen molar-refractivity contribution in [3.05, 3.63) is 33.8 Å². The molecule has 18 heavy (non-hydrogen) atoms. The normalized spacial score (nSPS) is 21.3. The van der Waals surface area contributed by atoms with Gasteiger partial charge in [-0.25, -0.2) is 0 Å². The Morgan fingerprint density at radius 2 is 2.17 bits per heavy atom. The Morgan fingerprint density at radius 3 is 2.83 bits per heavy atom. The van der Waals surface area contributed by atoms with Gasteiger partial charge in [-0.2, -0.15) is 0 Å². The Kier molecular flexibility index (Phi) is 4.66. The maximum Gasteiger partial charge on any atom is 0.135 e. The van der Waals surface area contributed by atoms with Crippen LogP contribution in [0.25, 0.3) is 0 Å². The van der Waals surface area contributed by atoms with Gasteiger partial charge in [-0.3, -0.25) is 9.69 Å².